The highest BCUT2D eigenvalue weighted by Crippen LogP contribution is 2.45. The zero-order valence-electron chi connectivity index (χ0n) is 10.0. The van der Waals surface area contributed by atoms with E-state index in [1.165, 1.54) is 0 Å². The van der Waals surface area contributed by atoms with Gasteiger partial charge in [0.2, 0.25) is 5.91 Å². The molecule has 0 aromatic carbocycles. The molecular formula is C13H15N3O. The van der Waals surface area contributed by atoms with Crippen LogP contribution in [0.5, 0.6) is 0 Å². The number of pyridine rings is 1. The molecule has 0 atom stereocenters. The molecule has 1 aliphatic rings. The fraction of sp³-hybridized carbons (Fsp3) is 0.462. The van der Waals surface area contributed by atoms with Crippen LogP contribution in [0.3, 0.4) is 0 Å². The number of carbonyl (C=O) groups is 1. The number of anilines is 1. The molecule has 0 spiro atoms. The smallest absolute Gasteiger partial charge is 0.246 e. The lowest BCUT2D eigenvalue weighted by Gasteiger charge is -2.39. The maximum absolute atomic E-state index is 12.0. The average molecular weight is 229 g/mol. The largest absolute Gasteiger partial charge is 0.309 e. The third kappa shape index (κ3) is 2.14. The van der Waals surface area contributed by atoms with Crippen molar-refractivity contribution >= 4 is 11.7 Å². The van der Waals surface area contributed by atoms with Gasteiger partial charge < -0.3 is 5.32 Å². The van der Waals surface area contributed by atoms with Crippen molar-refractivity contribution in [2.75, 3.05) is 5.32 Å². The molecule has 0 aliphatic heterocycles. The van der Waals surface area contributed by atoms with Gasteiger partial charge in [-0.3, -0.25) is 4.79 Å². The molecule has 1 aromatic rings. The van der Waals surface area contributed by atoms with Crippen LogP contribution < -0.4 is 5.32 Å². The van der Waals surface area contributed by atoms with Gasteiger partial charge >= 0.3 is 0 Å². The SMILES string of the molecule is Cc1ccnc(NC(=O)C2(C#N)CC(C)C2)c1. The number of nitriles is 1. The first kappa shape index (κ1) is 11.6. The monoisotopic (exact) mass is 229 g/mol. The second kappa shape index (κ2) is 4.17. The van der Waals surface area contributed by atoms with Gasteiger partial charge in [0.25, 0.3) is 0 Å². The molecule has 0 bridgehead atoms. The molecule has 1 heterocycles. The number of hydrogen-bond acceptors (Lipinski definition) is 3. The van der Waals surface area contributed by atoms with E-state index in [4.69, 9.17) is 5.26 Å². The van der Waals surface area contributed by atoms with Crippen molar-refractivity contribution in [3.05, 3.63) is 23.9 Å². The van der Waals surface area contributed by atoms with Crippen molar-refractivity contribution < 1.29 is 4.79 Å². The van der Waals surface area contributed by atoms with Gasteiger partial charge in [-0.25, -0.2) is 4.98 Å². The minimum Gasteiger partial charge on any atom is -0.309 e. The third-order valence-electron chi connectivity index (χ3n) is 3.20. The molecule has 0 radical (unpaired) electrons. The summed E-state index contributed by atoms with van der Waals surface area (Å²) < 4.78 is 0. The van der Waals surface area contributed by atoms with Gasteiger partial charge in [0, 0.05) is 6.20 Å². The average Bonchev–Trinajstić information content (AvgIpc) is 2.24. The number of rotatable bonds is 2. The molecule has 17 heavy (non-hydrogen) atoms. The molecule has 0 saturated heterocycles. The highest BCUT2D eigenvalue weighted by atomic mass is 16.2. The lowest BCUT2D eigenvalue weighted by atomic mass is 9.63. The Labute approximate surface area is 101 Å². The molecule has 1 N–H and O–H groups in total. The highest BCUT2D eigenvalue weighted by molar-refractivity contribution is 5.97. The van der Waals surface area contributed by atoms with Crippen LogP contribution in [-0.2, 0) is 4.79 Å². The number of nitrogens with zero attached hydrogens (tertiary/aromatic N) is 2. The number of aryl methyl sites for hydroxylation is 1. The van der Waals surface area contributed by atoms with Gasteiger partial charge in [0.15, 0.2) is 0 Å². The fourth-order valence-electron chi connectivity index (χ4n) is 2.30. The zero-order valence-corrected chi connectivity index (χ0v) is 10.0. The minimum absolute atomic E-state index is 0.226. The van der Waals surface area contributed by atoms with Crippen LogP contribution in [0.4, 0.5) is 5.82 Å². The van der Waals surface area contributed by atoms with Crippen LogP contribution >= 0.6 is 0 Å². The fourth-order valence-corrected chi connectivity index (χ4v) is 2.30. The third-order valence-corrected chi connectivity index (χ3v) is 3.20. The second-order valence-corrected chi connectivity index (χ2v) is 4.88. The van der Waals surface area contributed by atoms with Gasteiger partial charge in [-0.1, -0.05) is 6.92 Å². The van der Waals surface area contributed by atoms with Crippen LogP contribution in [0.15, 0.2) is 18.3 Å². The lowest BCUT2D eigenvalue weighted by Crippen LogP contribution is -2.45. The van der Waals surface area contributed by atoms with E-state index in [-0.39, 0.29) is 5.91 Å². The normalized spacial score (nSPS) is 26.8. The molecule has 4 heteroatoms. The first-order chi connectivity index (χ1) is 8.05. The number of carbonyl (C=O) groups excluding carboxylic acids is 1. The van der Waals surface area contributed by atoms with E-state index in [9.17, 15) is 4.79 Å². The summed E-state index contributed by atoms with van der Waals surface area (Å²) in [5, 5.41) is 11.9. The van der Waals surface area contributed by atoms with E-state index < -0.39 is 5.41 Å². The molecule has 0 unspecified atom stereocenters. The summed E-state index contributed by atoms with van der Waals surface area (Å²) in [6.45, 7) is 3.98. The quantitative estimate of drug-likeness (QED) is 0.846. The summed E-state index contributed by atoms with van der Waals surface area (Å²) in [6.07, 6.45) is 2.93. The van der Waals surface area contributed by atoms with Crippen molar-refractivity contribution in [2.45, 2.75) is 26.7 Å². The summed E-state index contributed by atoms with van der Waals surface area (Å²) in [6, 6.07) is 5.80. The van der Waals surface area contributed by atoms with Crippen molar-refractivity contribution in [1.29, 1.82) is 5.26 Å². The van der Waals surface area contributed by atoms with Crippen molar-refractivity contribution in [2.24, 2.45) is 11.3 Å². The minimum atomic E-state index is -0.842. The lowest BCUT2D eigenvalue weighted by molar-refractivity contribution is -0.128. The maximum Gasteiger partial charge on any atom is 0.246 e. The molecule has 1 fully saturated rings. The molecular weight excluding hydrogens is 214 g/mol. The van der Waals surface area contributed by atoms with Gasteiger partial charge in [-0.05, 0) is 43.4 Å². The van der Waals surface area contributed by atoms with Crippen LogP contribution in [0.25, 0.3) is 0 Å². The van der Waals surface area contributed by atoms with E-state index in [0.717, 1.165) is 5.56 Å². The summed E-state index contributed by atoms with van der Waals surface area (Å²) in [5.74, 6) is 0.742. The maximum atomic E-state index is 12.0. The van der Waals surface area contributed by atoms with Crippen molar-refractivity contribution in [3.63, 3.8) is 0 Å². The molecule has 1 aromatic heterocycles. The Kier molecular flexibility index (Phi) is 2.84. The van der Waals surface area contributed by atoms with E-state index in [1.54, 1.807) is 12.3 Å². The summed E-state index contributed by atoms with van der Waals surface area (Å²) >= 11 is 0. The Morgan fingerprint density at radius 3 is 2.88 bits per heavy atom. The van der Waals surface area contributed by atoms with Gasteiger partial charge in [-0.15, -0.1) is 0 Å². The molecule has 1 saturated carbocycles. The van der Waals surface area contributed by atoms with Gasteiger partial charge in [0.05, 0.1) is 6.07 Å². The first-order valence-electron chi connectivity index (χ1n) is 5.71. The zero-order chi connectivity index (χ0) is 12.5. The van der Waals surface area contributed by atoms with E-state index in [0.29, 0.717) is 24.6 Å². The summed E-state index contributed by atoms with van der Waals surface area (Å²) in [7, 11) is 0. The molecule has 1 amide bonds. The molecule has 4 nitrogen and oxygen atoms in total. The Morgan fingerprint density at radius 2 is 2.35 bits per heavy atom. The Balaban J connectivity index is 2.10. The molecule has 2 rings (SSSR count). The Morgan fingerprint density at radius 1 is 1.65 bits per heavy atom. The Bertz CT molecular complexity index is 484. The van der Waals surface area contributed by atoms with Gasteiger partial charge in [-0.2, -0.15) is 5.26 Å². The van der Waals surface area contributed by atoms with E-state index in [2.05, 4.69) is 16.4 Å². The number of hydrogen-bond donors (Lipinski definition) is 1. The summed E-state index contributed by atoms with van der Waals surface area (Å²) in [4.78, 5) is 16.1. The van der Waals surface area contributed by atoms with Crippen LogP contribution in [0.2, 0.25) is 0 Å². The second-order valence-electron chi connectivity index (χ2n) is 4.88. The van der Waals surface area contributed by atoms with E-state index >= 15 is 0 Å². The topological polar surface area (TPSA) is 65.8 Å². The predicted molar refractivity (Wildman–Crippen MR) is 64.0 cm³/mol. The molecule has 1 aliphatic carbocycles. The standard InChI is InChI=1S/C13H15N3O/c1-9-3-4-15-11(5-9)16-12(17)13(8-14)6-10(2)7-13/h3-5,10H,6-7H2,1-2H3,(H,15,16,17). The van der Waals surface area contributed by atoms with Crippen LogP contribution in [-0.4, -0.2) is 10.9 Å². The number of amides is 1. The Hall–Kier alpha value is -1.89. The van der Waals surface area contributed by atoms with E-state index in [1.807, 2.05) is 19.9 Å². The summed E-state index contributed by atoms with van der Waals surface area (Å²) in [5.41, 5.74) is 0.188. The van der Waals surface area contributed by atoms with Crippen molar-refractivity contribution in [3.8, 4) is 6.07 Å². The van der Waals surface area contributed by atoms with Crippen LogP contribution in [0, 0.1) is 29.6 Å². The number of aromatic nitrogens is 1. The van der Waals surface area contributed by atoms with Crippen molar-refractivity contribution in [1.82, 2.24) is 4.98 Å². The predicted octanol–water partition coefficient (Wildman–Crippen LogP) is 2.27. The van der Waals surface area contributed by atoms with Gasteiger partial charge in [0.1, 0.15) is 11.2 Å². The first-order valence-corrected chi connectivity index (χ1v) is 5.71. The molecule has 88 valence electrons. The number of nitrogens with one attached hydrogen (secondary N) is 1. The highest BCUT2D eigenvalue weighted by Gasteiger charge is 2.49. The van der Waals surface area contributed by atoms with Crippen LogP contribution in [0.1, 0.15) is 25.3 Å².